The van der Waals surface area contributed by atoms with Gasteiger partial charge in [0, 0.05) is 18.0 Å². The summed E-state index contributed by atoms with van der Waals surface area (Å²) in [5.74, 6) is 0.925. The third kappa shape index (κ3) is 2.68. The minimum absolute atomic E-state index is 0.152. The summed E-state index contributed by atoms with van der Waals surface area (Å²) in [5.41, 5.74) is 1.77. The molecule has 0 aliphatic carbocycles. The number of Topliss-reactive ketones (excluding diaryl/α,β-unsaturated/α-hetero) is 1. The normalized spacial score (nSPS) is 12.9. The van der Waals surface area contributed by atoms with Crippen LogP contribution in [0.15, 0.2) is 18.2 Å². The Kier molecular flexibility index (Phi) is 3.93. The lowest BCUT2D eigenvalue weighted by Crippen LogP contribution is -2.07. The first-order chi connectivity index (χ1) is 8.49. The molecule has 0 saturated heterocycles. The van der Waals surface area contributed by atoms with E-state index in [1.54, 1.807) is 6.92 Å². The summed E-state index contributed by atoms with van der Waals surface area (Å²) in [7, 11) is 0. The van der Waals surface area contributed by atoms with Gasteiger partial charge in [-0.05, 0) is 32.0 Å². The molecule has 5 heteroatoms. The summed E-state index contributed by atoms with van der Waals surface area (Å²) in [5, 5.41) is 0.440. The molecule has 0 radical (unpaired) electrons. The molecule has 3 nitrogen and oxygen atoms in total. The maximum Gasteiger partial charge on any atom is 0.131 e. The number of rotatable bonds is 4. The number of aryl methyl sites for hydroxylation is 1. The van der Waals surface area contributed by atoms with Crippen LogP contribution in [0.25, 0.3) is 11.0 Å². The third-order valence-corrected chi connectivity index (χ3v) is 3.21. The van der Waals surface area contributed by atoms with E-state index in [4.69, 9.17) is 23.2 Å². The predicted octanol–water partition coefficient (Wildman–Crippen LogP) is 3.97. The summed E-state index contributed by atoms with van der Waals surface area (Å²) >= 11 is 12.1. The molecule has 2 rings (SSSR count). The molecule has 1 aromatic heterocycles. The number of hydrogen-bond acceptors (Lipinski definition) is 2. The Morgan fingerprint density at radius 1 is 1.50 bits per heavy atom. The van der Waals surface area contributed by atoms with Gasteiger partial charge in [0.05, 0.1) is 16.4 Å². The van der Waals surface area contributed by atoms with E-state index in [1.165, 1.54) is 0 Å². The summed E-state index contributed by atoms with van der Waals surface area (Å²) in [4.78, 5) is 15.6. The van der Waals surface area contributed by atoms with E-state index in [-0.39, 0.29) is 11.2 Å². The molecule has 2 aromatic rings. The lowest BCUT2D eigenvalue weighted by Gasteiger charge is -2.09. The minimum Gasteiger partial charge on any atom is -0.326 e. The smallest absolute Gasteiger partial charge is 0.131 e. The number of carbonyl (C=O) groups excluding carboxylic acids is 1. The highest BCUT2D eigenvalue weighted by Crippen LogP contribution is 2.26. The van der Waals surface area contributed by atoms with Gasteiger partial charge < -0.3 is 4.57 Å². The first-order valence-corrected chi connectivity index (χ1v) is 6.59. The van der Waals surface area contributed by atoms with Gasteiger partial charge >= 0.3 is 0 Å². The van der Waals surface area contributed by atoms with Crippen LogP contribution in [0, 0.1) is 0 Å². The monoisotopic (exact) mass is 284 g/mol. The van der Waals surface area contributed by atoms with Gasteiger partial charge in [0.2, 0.25) is 0 Å². The minimum atomic E-state index is -0.205. The summed E-state index contributed by atoms with van der Waals surface area (Å²) < 4.78 is 1.99. The van der Waals surface area contributed by atoms with Crippen molar-refractivity contribution in [2.75, 3.05) is 0 Å². The van der Waals surface area contributed by atoms with Crippen LogP contribution in [0.4, 0.5) is 0 Å². The summed E-state index contributed by atoms with van der Waals surface area (Å²) in [6.45, 7) is 4.05. The standard InChI is InChI=1S/C13H14Cl2N2O/c1-8(18)5-6-17-12-4-3-10(15)7-11(12)16-13(17)9(2)14/h3-4,7,9H,5-6H2,1-2H3. The predicted molar refractivity (Wildman–Crippen MR) is 74.3 cm³/mol. The maximum absolute atomic E-state index is 11.1. The number of nitrogens with zero attached hydrogens (tertiary/aromatic N) is 2. The van der Waals surface area contributed by atoms with Crippen molar-refractivity contribution in [3.05, 3.63) is 29.0 Å². The van der Waals surface area contributed by atoms with Gasteiger partial charge in [-0.1, -0.05) is 11.6 Å². The Balaban J connectivity index is 2.52. The van der Waals surface area contributed by atoms with Gasteiger partial charge in [-0.3, -0.25) is 4.79 Å². The molecule has 0 bridgehead atoms. The first-order valence-electron chi connectivity index (χ1n) is 5.78. The van der Waals surface area contributed by atoms with Crippen LogP contribution in [-0.4, -0.2) is 15.3 Å². The number of carbonyl (C=O) groups is 1. The average molecular weight is 285 g/mol. The van der Waals surface area contributed by atoms with Gasteiger partial charge in [0.15, 0.2) is 0 Å². The van der Waals surface area contributed by atoms with E-state index >= 15 is 0 Å². The zero-order chi connectivity index (χ0) is 13.3. The van der Waals surface area contributed by atoms with E-state index in [0.717, 1.165) is 16.9 Å². The van der Waals surface area contributed by atoms with Crippen molar-refractivity contribution in [3.8, 4) is 0 Å². The molecule has 18 heavy (non-hydrogen) atoms. The fourth-order valence-electron chi connectivity index (χ4n) is 1.93. The van der Waals surface area contributed by atoms with Gasteiger partial charge in [-0.25, -0.2) is 4.98 Å². The number of fused-ring (bicyclic) bond motifs is 1. The van der Waals surface area contributed by atoms with Crippen LogP contribution in [0.1, 0.15) is 31.5 Å². The number of benzene rings is 1. The first kappa shape index (κ1) is 13.4. The van der Waals surface area contributed by atoms with E-state index in [9.17, 15) is 4.79 Å². The van der Waals surface area contributed by atoms with Crippen LogP contribution in [0.3, 0.4) is 0 Å². The van der Waals surface area contributed by atoms with E-state index in [2.05, 4.69) is 4.98 Å². The SMILES string of the molecule is CC(=O)CCn1c(C(C)Cl)nc2cc(Cl)ccc21. The zero-order valence-corrected chi connectivity index (χ0v) is 11.8. The molecule has 0 spiro atoms. The van der Waals surface area contributed by atoms with Crippen molar-refractivity contribution in [1.29, 1.82) is 0 Å². The number of imidazole rings is 1. The quantitative estimate of drug-likeness (QED) is 0.797. The lowest BCUT2D eigenvalue weighted by atomic mass is 10.3. The molecule has 1 atom stereocenters. The number of alkyl halides is 1. The van der Waals surface area contributed by atoms with E-state index in [1.807, 2.05) is 29.7 Å². The third-order valence-electron chi connectivity index (χ3n) is 2.78. The van der Waals surface area contributed by atoms with E-state index < -0.39 is 0 Å². The molecule has 0 saturated carbocycles. The molecule has 1 heterocycles. The fourth-order valence-corrected chi connectivity index (χ4v) is 2.26. The largest absolute Gasteiger partial charge is 0.326 e. The highest BCUT2D eigenvalue weighted by Gasteiger charge is 2.15. The number of aromatic nitrogens is 2. The Labute approximate surface area is 116 Å². The van der Waals surface area contributed by atoms with Crippen molar-refractivity contribution in [3.63, 3.8) is 0 Å². The van der Waals surface area contributed by atoms with Crippen LogP contribution in [0.2, 0.25) is 5.02 Å². The van der Waals surface area contributed by atoms with Crippen LogP contribution in [0.5, 0.6) is 0 Å². The van der Waals surface area contributed by atoms with Gasteiger partial charge in [0.1, 0.15) is 11.6 Å². The molecule has 96 valence electrons. The molecule has 0 aliphatic rings. The Bertz CT molecular complexity index is 590. The molecule has 0 aliphatic heterocycles. The van der Waals surface area contributed by atoms with Crippen molar-refractivity contribution < 1.29 is 4.79 Å². The number of hydrogen-bond donors (Lipinski definition) is 0. The highest BCUT2D eigenvalue weighted by atomic mass is 35.5. The second kappa shape index (κ2) is 5.29. The zero-order valence-electron chi connectivity index (χ0n) is 10.3. The van der Waals surface area contributed by atoms with Crippen LogP contribution < -0.4 is 0 Å². The molecule has 1 aromatic carbocycles. The molecule has 1 unspecified atom stereocenters. The molecule has 0 amide bonds. The van der Waals surface area contributed by atoms with Crippen molar-refractivity contribution in [1.82, 2.24) is 9.55 Å². The summed E-state index contributed by atoms with van der Waals surface area (Å²) in [6.07, 6.45) is 0.477. The molecule has 0 fully saturated rings. The fraction of sp³-hybridized carbons (Fsp3) is 0.385. The summed E-state index contributed by atoms with van der Waals surface area (Å²) in [6, 6.07) is 5.54. The Morgan fingerprint density at radius 2 is 2.22 bits per heavy atom. The maximum atomic E-state index is 11.1. The molecule has 0 N–H and O–H groups in total. The van der Waals surface area contributed by atoms with Crippen LogP contribution >= 0.6 is 23.2 Å². The Morgan fingerprint density at radius 3 is 2.83 bits per heavy atom. The van der Waals surface area contributed by atoms with Crippen molar-refractivity contribution in [2.45, 2.75) is 32.2 Å². The second-order valence-electron chi connectivity index (χ2n) is 4.32. The topological polar surface area (TPSA) is 34.9 Å². The number of halogens is 2. The second-order valence-corrected chi connectivity index (χ2v) is 5.41. The van der Waals surface area contributed by atoms with Gasteiger partial charge in [-0.2, -0.15) is 0 Å². The van der Waals surface area contributed by atoms with Crippen LogP contribution in [-0.2, 0) is 11.3 Å². The number of ketones is 1. The van der Waals surface area contributed by atoms with Crippen molar-refractivity contribution >= 4 is 40.0 Å². The highest BCUT2D eigenvalue weighted by molar-refractivity contribution is 6.31. The van der Waals surface area contributed by atoms with Gasteiger partial charge in [-0.15, -0.1) is 11.6 Å². The van der Waals surface area contributed by atoms with E-state index in [0.29, 0.717) is 18.0 Å². The molecular formula is C13H14Cl2N2O. The van der Waals surface area contributed by atoms with Gasteiger partial charge in [0.25, 0.3) is 0 Å². The Hall–Kier alpha value is -1.06. The molecular weight excluding hydrogens is 271 g/mol. The van der Waals surface area contributed by atoms with Crippen molar-refractivity contribution in [2.24, 2.45) is 0 Å². The lowest BCUT2D eigenvalue weighted by molar-refractivity contribution is -0.117. The average Bonchev–Trinajstić information content (AvgIpc) is 2.64.